The molecule has 160 valence electrons. The summed E-state index contributed by atoms with van der Waals surface area (Å²) in [7, 11) is 1.40. The van der Waals surface area contributed by atoms with Crippen molar-refractivity contribution < 1.29 is 27.1 Å². The smallest absolute Gasteiger partial charge is 0.232 e. The largest absolute Gasteiger partial charge is 0.480 e. The zero-order chi connectivity index (χ0) is 22.1. The Hall–Kier alpha value is -3.04. The number of alkyl halides is 2. The van der Waals surface area contributed by atoms with E-state index in [1.165, 1.54) is 32.5 Å². The summed E-state index contributed by atoms with van der Waals surface area (Å²) in [5, 5.41) is 0. The molecular weight excluding hydrogens is 404 g/mol. The van der Waals surface area contributed by atoms with Crippen LogP contribution in [-0.4, -0.2) is 41.0 Å². The molecule has 3 rings (SSSR count). The van der Waals surface area contributed by atoms with Crippen LogP contribution in [0.5, 0.6) is 5.88 Å². The summed E-state index contributed by atoms with van der Waals surface area (Å²) >= 11 is 0. The first kappa shape index (κ1) is 21.7. The van der Waals surface area contributed by atoms with Gasteiger partial charge in [-0.05, 0) is 37.5 Å². The number of ketones is 1. The lowest BCUT2D eigenvalue weighted by Gasteiger charge is -2.36. The van der Waals surface area contributed by atoms with Crippen LogP contribution in [0, 0.1) is 11.6 Å². The van der Waals surface area contributed by atoms with Crippen molar-refractivity contribution in [2.24, 2.45) is 10.7 Å². The molecule has 0 saturated heterocycles. The summed E-state index contributed by atoms with van der Waals surface area (Å²) in [6, 6.07) is 2.18. The molecule has 0 fully saturated rings. The van der Waals surface area contributed by atoms with Gasteiger partial charge in [-0.2, -0.15) is 0 Å². The average Bonchev–Trinajstić information content (AvgIpc) is 2.73. The molecular formula is C20H20F4N4O2. The van der Waals surface area contributed by atoms with Crippen LogP contribution in [0.25, 0.3) is 0 Å². The van der Waals surface area contributed by atoms with Crippen molar-refractivity contribution in [1.29, 1.82) is 0 Å². The van der Waals surface area contributed by atoms with Crippen molar-refractivity contribution in [2.45, 2.75) is 37.4 Å². The van der Waals surface area contributed by atoms with Crippen molar-refractivity contribution in [2.75, 3.05) is 13.8 Å². The molecule has 1 aromatic carbocycles. The Morgan fingerprint density at radius 2 is 1.97 bits per heavy atom. The Balaban J connectivity index is 1.93. The number of hydrogen-bond donors (Lipinski definition) is 1. The Kier molecular flexibility index (Phi) is 5.78. The molecule has 0 radical (unpaired) electrons. The van der Waals surface area contributed by atoms with Crippen LogP contribution in [0.15, 0.2) is 29.5 Å². The predicted molar refractivity (Wildman–Crippen MR) is 101 cm³/mol. The van der Waals surface area contributed by atoms with Gasteiger partial charge in [-0.15, -0.1) is 0 Å². The second-order valence-electron chi connectivity index (χ2n) is 7.35. The Morgan fingerprint density at radius 1 is 1.23 bits per heavy atom. The summed E-state index contributed by atoms with van der Waals surface area (Å²) in [5.74, 6) is -3.22. The first-order valence-corrected chi connectivity index (χ1v) is 9.10. The lowest BCUT2D eigenvalue weighted by atomic mass is 9.80. The van der Waals surface area contributed by atoms with Crippen LogP contribution in [0.4, 0.5) is 17.6 Å². The number of hydrogen-bond acceptors (Lipinski definition) is 6. The van der Waals surface area contributed by atoms with Gasteiger partial charge in [0.2, 0.25) is 5.88 Å². The highest BCUT2D eigenvalue weighted by Crippen LogP contribution is 2.41. The number of benzene rings is 1. The number of nitrogens with two attached hydrogens (primary N) is 1. The Labute approximate surface area is 170 Å². The monoisotopic (exact) mass is 424 g/mol. The van der Waals surface area contributed by atoms with E-state index >= 15 is 0 Å². The third-order valence-corrected chi connectivity index (χ3v) is 5.20. The SMILES string of the molecule is COc1cnc(C(=O)Cc2cc(F)c(F)c([C@]3(C)CC[C@@](F)(CF)C(N)=N3)c2)cn1. The van der Waals surface area contributed by atoms with Crippen molar-refractivity contribution in [3.8, 4) is 5.88 Å². The van der Waals surface area contributed by atoms with Crippen molar-refractivity contribution >= 4 is 11.6 Å². The molecule has 1 aliphatic rings. The molecule has 0 amide bonds. The maximum Gasteiger partial charge on any atom is 0.232 e. The maximum atomic E-state index is 14.6. The molecule has 2 atom stereocenters. The van der Waals surface area contributed by atoms with Gasteiger partial charge in [0.05, 0.1) is 25.0 Å². The van der Waals surface area contributed by atoms with Gasteiger partial charge in [-0.1, -0.05) is 0 Å². The van der Waals surface area contributed by atoms with Gasteiger partial charge in [-0.25, -0.2) is 27.5 Å². The fourth-order valence-electron chi connectivity index (χ4n) is 3.30. The number of nitrogens with zero attached hydrogens (tertiary/aromatic N) is 3. The number of ether oxygens (including phenoxy) is 1. The van der Waals surface area contributed by atoms with E-state index in [9.17, 15) is 22.4 Å². The standard InChI is InChI=1S/C20H20F4N4O2/c1-19(3-4-20(24,10-21)18(25)28-19)12-5-11(6-13(22)17(12)23)7-15(29)14-8-27-16(30-2)9-26-14/h5-6,8-9H,3-4,7,10H2,1-2H3,(H2,25,28)/t19-,20+/m0/s1. The maximum absolute atomic E-state index is 14.6. The lowest BCUT2D eigenvalue weighted by molar-refractivity contribution is 0.0987. The summed E-state index contributed by atoms with van der Waals surface area (Å²) in [5.41, 5.74) is 1.77. The highest BCUT2D eigenvalue weighted by Gasteiger charge is 2.45. The molecule has 0 unspecified atom stereocenters. The third kappa shape index (κ3) is 3.99. The van der Waals surface area contributed by atoms with Crippen molar-refractivity contribution in [1.82, 2.24) is 9.97 Å². The van der Waals surface area contributed by atoms with E-state index in [1.807, 2.05) is 0 Å². The number of carbonyl (C=O) groups is 1. The van der Waals surface area contributed by atoms with Crippen LogP contribution >= 0.6 is 0 Å². The predicted octanol–water partition coefficient (Wildman–Crippen LogP) is 3.23. The fraction of sp³-hybridized carbons (Fsp3) is 0.400. The highest BCUT2D eigenvalue weighted by molar-refractivity contribution is 5.95. The molecule has 0 bridgehead atoms. The molecule has 0 spiro atoms. The van der Waals surface area contributed by atoms with Gasteiger partial charge in [0.1, 0.15) is 18.2 Å². The summed E-state index contributed by atoms with van der Waals surface area (Å²) in [6.07, 6.45) is 1.77. The summed E-state index contributed by atoms with van der Waals surface area (Å²) in [6.45, 7) is 0.1000. The van der Waals surface area contributed by atoms with E-state index in [4.69, 9.17) is 10.5 Å². The van der Waals surface area contributed by atoms with E-state index in [2.05, 4.69) is 15.0 Å². The Morgan fingerprint density at radius 3 is 2.53 bits per heavy atom. The van der Waals surface area contributed by atoms with E-state index < -0.39 is 41.1 Å². The van der Waals surface area contributed by atoms with Gasteiger partial charge in [0, 0.05) is 12.0 Å². The second kappa shape index (κ2) is 8.00. The average molecular weight is 424 g/mol. The van der Waals surface area contributed by atoms with Gasteiger partial charge in [0.25, 0.3) is 0 Å². The molecule has 30 heavy (non-hydrogen) atoms. The minimum absolute atomic E-state index is 0.0263. The first-order valence-electron chi connectivity index (χ1n) is 9.10. The number of Topliss-reactive ketones (excluding diaryl/α,β-unsaturated/α-hetero) is 1. The van der Waals surface area contributed by atoms with Crippen molar-refractivity contribution in [3.05, 3.63) is 53.0 Å². The van der Waals surface area contributed by atoms with E-state index in [0.29, 0.717) is 0 Å². The zero-order valence-corrected chi connectivity index (χ0v) is 16.4. The van der Waals surface area contributed by atoms with E-state index in [-0.39, 0.29) is 42.0 Å². The lowest BCUT2D eigenvalue weighted by Crippen LogP contribution is -2.48. The molecule has 10 heteroatoms. The quantitative estimate of drug-likeness (QED) is 0.568. The topological polar surface area (TPSA) is 90.5 Å². The van der Waals surface area contributed by atoms with Gasteiger partial charge < -0.3 is 10.5 Å². The highest BCUT2D eigenvalue weighted by atomic mass is 19.2. The number of carbonyl (C=O) groups excluding carboxylic acids is 1. The number of amidine groups is 1. The summed E-state index contributed by atoms with van der Waals surface area (Å²) in [4.78, 5) is 24.2. The van der Waals surface area contributed by atoms with Gasteiger partial charge in [0.15, 0.2) is 23.1 Å². The molecule has 1 aliphatic heterocycles. The normalized spacial score (nSPS) is 23.7. The molecule has 2 N–H and O–H groups in total. The fourth-order valence-corrected chi connectivity index (χ4v) is 3.30. The van der Waals surface area contributed by atoms with Crippen LogP contribution in [-0.2, 0) is 12.0 Å². The minimum Gasteiger partial charge on any atom is -0.480 e. The molecule has 2 aromatic rings. The first-order chi connectivity index (χ1) is 14.1. The Bertz CT molecular complexity index is 999. The molecule has 0 saturated carbocycles. The number of rotatable bonds is 6. The molecule has 1 aromatic heterocycles. The van der Waals surface area contributed by atoms with E-state index in [0.717, 1.165) is 6.07 Å². The molecule has 2 heterocycles. The number of aromatic nitrogens is 2. The molecule has 6 nitrogen and oxygen atoms in total. The minimum atomic E-state index is -2.42. The summed E-state index contributed by atoms with van der Waals surface area (Å²) < 4.78 is 61.1. The number of aliphatic imine (C=N–C) groups is 1. The van der Waals surface area contributed by atoms with Crippen LogP contribution in [0.3, 0.4) is 0 Å². The van der Waals surface area contributed by atoms with Gasteiger partial charge in [-0.3, -0.25) is 9.79 Å². The van der Waals surface area contributed by atoms with Gasteiger partial charge >= 0.3 is 0 Å². The molecule has 0 aliphatic carbocycles. The number of methoxy groups -OCH3 is 1. The number of halogens is 4. The second-order valence-corrected chi connectivity index (χ2v) is 7.35. The third-order valence-electron chi connectivity index (χ3n) is 5.20. The van der Waals surface area contributed by atoms with E-state index in [1.54, 1.807) is 0 Å². The van der Waals surface area contributed by atoms with Crippen LogP contribution in [0.2, 0.25) is 0 Å². The van der Waals surface area contributed by atoms with Crippen LogP contribution in [0.1, 0.15) is 41.4 Å². The van der Waals surface area contributed by atoms with Crippen molar-refractivity contribution in [3.63, 3.8) is 0 Å². The zero-order valence-electron chi connectivity index (χ0n) is 16.4. The van der Waals surface area contributed by atoms with Crippen LogP contribution < -0.4 is 10.5 Å².